The SMILES string of the molecule is CCOC(=O)c1ccc(S(=O)(=O)N(C)C(C)c2ccc(-n3cncn3)cc2)c(Br)c1. The molecule has 0 fully saturated rings. The number of aromatic nitrogens is 3. The maximum absolute atomic E-state index is 13.2. The fourth-order valence-electron chi connectivity index (χ4n) is 2.87. The second-order valence-corrected chi connectivity index (χ2v) is 9.31. The van der Waals surface area contributed by atoms with Crippen molar-refractivity contribution < 1.29 is 17.9 Å². The summed E-state index contributed by atoms with van der Waals surface area (Å²) in [6, 6.07) is 11.3. The molecular formula is C20H21BrN4O4S. The van der Waals surface area contributed by atoms with E-state index in [1.165, 1.54) is 35.9 Å². The monoisotopic (exact) mass is 492 g/mol. The number of carbonyl (C=O) groups excluding carboxylic acids is 1. The van der Waals surface area contributed by atoms with E-state index in [1.54, 1.807) is 17.9 Å². The van der Waals surface area contributed by atoms with Crippen LogP contribution in [0.3, 0.4) is 0 Å². The minimum Gasteiger partial charge on any atom is -0.462 e. The lowest BCUT2D eigenvalue weighted by Gasteiger charge is -2.25. The van der Waals surface area contributed by atoms with Gasteiger partial charge in [-0.05, 0) is 65.7 Å². The molecule has 0 saturated carbocycles. The van der Waals surface area contributed by atoms with Gasteiger partial charge in [-0.1, -0.05) is 12.1 Å². The Bertz CT molecular complexity index is 1130. The van der Waals surface area contributed by atoms with Gasteiger partial charge in [0.25, 0.3) is 0 Å². The number of halogens is 1. The predicted octanol–water partition coefficient (Wildman–Crippen LogP) is 3.59. The summed E-state index contributed by atoms with van der Waals surface area (Å²) >= 11 is 3.28. The van der Waals surface area contributed by atoms with Gasteiger partial charge < -0.3 is 4.74 Å². The number of benzene rings is 2. The van der Waals surface area contributed by atoms with Crippen molar-refractivity contribution in [3.63, 3.8) is 0 Å². The van der Waals surface area contributed by atoms with Gasteiger partial charge in [0.05, 0.1) is 22.8 Å². The number of hydrogen-bond acceptors (Lipinski definition) is 6. The lowest BCUT2D eigenvalue weighted by atomic mass is 10.1. The summed E-state index contributed by atoms with van der Waals surface area (Å²) in [5.74, 6) is -0.503. The Hall–Kier alpha value is -2.56. The van der Waals surface area contributed by atoms with Crippen molar-refractivity contribution in [2.75, 3.05) is 13.7 Å². The molecule has 1 atom stereocenters. The molecule has 0 saturated heterocycles. The summed E-state index contributed by atoms with van der Waals surface area (Å²) in [5, 5.41) is 4.08. The van der Waals surface area contributed by atoms with E-state index in [4.69, 9.17) is 4.74 Å². The highest BCUT2D eigenvalue weighted by atomic mass is 79.9. The number of rotatable bonds is 7. The van der Waals surface area contributed by atoms with E-state index in [9.17, 15) is 13.2 Å². The molecule has 0 radical (unpaired) electrons. The summed E-state index contributed by atoms with van der Waals surface area (Å²) in [4.78, 5) is 15.9. The maximum atomic E-state index is 13.2. The van der Waals surface area contributed by atoms with Crippen molar-refractivity contribution in [3.05, 3.63) is 70.7 Å². The molecule has 0 aliphatic carbocycles. The molecule has 0 amide bonds. The van der Waals surface area contributed by atoms with Crippen molar-refractivity contribution in [1.82, 2.24) is 19.1 Å². The van der Waals surface area contributed by atoms with E-state index in [-0.39, 0.29) is 17.1 Å². The van der Waals surface area contributed by atoms with Gasteiger partial charge in [0.1, 0.15) is 12.7 Å². The molecule has 3 rings (SSSR count). The lowest BCUT2D eigenvalue weighted by Crippen LogP contribution is -2.30. The van der Waals surface area contributed by atoms with Crippen molar-refractivity contribution >= 4 is 31.9 Å². The Morgan fingerprint density at radius 2 is 1.93 bits per heavy atom. The van der Waals surface area contributed by atoms with E-state index >= 15 is 0 Å². The Balaban J connectivity index is 1.84. The molecule has 1 heterocycles. The minimum absolute atomic E-state index is 0.0733. The van der Waals surface area contributed by atoms with Crippen molar-refractivity contribution in [2.24, 2.45) is 0 Å². The van der Waals surface area contributed by atoms with Gasteiger partial charge in [0.15, 0.2) is 0 Å². The largest absolute Gasteiger partial charge is 0.462 e. The topological polar surface area (TPSA) is 94.4 Å². The first-order chi connectivity index (χ1) is 14.3. The number of esters is 1. The molecule has 0 aliphatic heterocycles. The van der Waals surface area contributed by atoms with E-state index in [0.717, 1.165) is 11.3 Å². The number of carbonyl (C=O) groups is 1. The fraction of sp³-hybridized carbons (Fsp3) is 0.250. The standard InChI is InChI=1S/C20H21BrN4O4S/c1-4-29-20(26)16-7-10-19(18(21)11-16)30(27,28)24(3)14(2)15-5-8-17(9-6-15)25-13-22-12-23-25/h5-14H,4H2,1-3H3. The van der Waals surface area contributed by atoms with Crippen LogP contribution in [-0.4, -0.2) is 47.1 Å². The van der Waals surface area contributed by atoms with Crippen LogP contribution in [0, 0.1) is 0 Å². The first-order valence-electron chi connectivity index (χ1n) is 9.15. The lowest BCUT2D eigenvalue weighted by molar-refractivity contribution is 0.0526. The van der Waals surface area contributed by atoms with Gasteiger partial charge >= 0.3 is 5.97 Å². The number of nitrogens with zero attached hydrogens (tertiary/aromatic N) is 4. The predicted molar refractivity (Wildman–Crippen MR) is 115 cm³/mol. The second kappa shape index (κ2) is 9.07. The average molecular weight is 493 g/mol. The zero-order chi connectivity index (χ0) is 21.9. The van der Waals surface area contributed by atoms with Crippen LogP contribution in [0.5, 0.6) is 0 Å². The molecule has 158 valence electrons. The van der Waals surface area contributed by atoms with Crippen LogP contribution < -0.4 is 0 Å². The first-order valence-corrected chi connectivity index (χ1v) is 11.4. The van der Waals surface area contributed by atoms with Crippen LogP contribution in [0.4, 0.5) is 0 Å². The van der Waals surface area contributed by atoms with Gasteiger partial charge in [-0.3, -0.25) is 0 Å². The summed E-state index contributed by atoms with van der Waals surface area (Å²) in [6.07, 6.45) is 3.04. The summed E-state index contributed by atoms with van der Waals surface area (Å²) in [6.45, 7) is 3.76. The zero-order valence-corrected chi connectivity index (χ0v) is 19.1. The van der Waals surface area contributed by atoms with E-state index in [0.29, 0.717) is 4.47 Å². The number of sulfonamides is 1. The third-order valence-electron chi connectivity index (χ3n) is 4.70. The molecule has 3 aromatic rings. The summed E-state index contributed by atoms with van der Waals surface area (Å²) < 4.78 is 34.5. The fourth-order valence-corrected chi connectivity index (χ4v) is 5.26. The maximum Gasteiger partial charge on any atom is 0.338 e. The highest BCUT2D eigenvalue weighted by molar-refractivity contribution is 9.10. The highest BCUT2D eigenvalue weighted by Crippen LogP contribution is 2.31. The van der Waals surface area contributed by atoms with Crippen molar-refractivity contribution in [2.45, 2.75) is 24.8 Å². The van der Waals surface area contributed by atoms with E-state index < -0.39 is 22.0 Å². The first kappa shape index (κ1) is 22.1. The molecule has 0 bridgehead atoms. The minimum atomic E-state index is -3.82. The summed E-state index contributed by atoms with van der Waals surface area (Å²) in [7, 11) is -2.29. The third-order valence-corrected chi connectivity index (χ3v) is 7.61. The Labute approximate surface area is 183 Å². The molecule has 0 N–H and O–H groups in total. The van der Waals surface area contributed by atoms with Gasteiger partial charge in [-0.2, -0.15) is 9.40 Å². The van der Waals surface area contributed by atoms with E-state index in [1.807, 2.05) is 31.2 Å². The van der Waals surface area contributed by atoms with Crippen LogP contribution in [0.1, 0.15) is 35.8 Å². The van der Waals surface area contributed by atoms with Crippen LogP contribution in [0.25, 0.3) is 5.69 Å². The van der Waals surface area contributed by atoms with Gasteiger partial charge in [0.2, 0.25) is 10.0 Å². The molecule has 8 nitrogen and oxygen atoms in total. The highest BCUT2D eigenvalue weighted by Gasteiger charge is 2.28. The van der Waals surface area contributed by atoms with Crippen LogP contribution in [-0.2, 0) is 14.8 Å². The molecular weight excluding hydrogens is 472 g/mol. The molecule has 2 aromatic carbocycles. The Morgan fingerprint density at radius 1 is 1.23 bits per heavy atom. The number of hydrogen-bond donors (Lipinski definition) is 0. The van der Waals surface area contributed by atoms with Crippen molar-refractivity contribution in [3.8, 4) is 5.69 Å². The van der Waals surface area contributed by atoms with Gasteiger partial charge in [-0.25, -0.2) is 22.9 Å². The molecule has 10 heteroatoms. The van der Waals surface area contributed by atoms with Crippen LogP contribution in [0.2, 0.25) is 0 Å². The molecule has 1 aromatic heterocycles. The molecule has 30 heavy (non-hydrogen) atoms. The zero-order valence-electron chi connectivity index (χ0n) is 16.7. The Morgan fingerprint density at radius 3 is 2.50 bits per heavy atom. The third kappa shape index (κ3) is 4.45. The Kier molecular flexibility index (Phi) is 6.69. The van der Waals surface area contributed by atoms with Crippen LogP contribution in [0.15, 0.2) is 64.5 Å². The summed E-state index contributed by atoms with van der Waals surface area (Å²) in [5.41, 5.74) is 1.93. The molecule has 1 unspecified atom stereocenters. The molecule has 0 aliphatic rings. The smallest absolute Gasteiger partial charge is 0.338 e. The quantitative estimate of drug-likeness (QED) is 0.467. The number of ether oxygens (including phenoxy) is 1. The van der Waals surface area contributed by atoms with Gasteiger partial charge in [-0.15, -0.1) is 0 Å². The van der Waals surface area contributed by atoms with E-state index in [2.05, 4.69) is 26.0 Å². The van der Waals surface area contributed by atoms with Crippen LogP contribution >= 0.6 is 15.9 Å². The molecule has 0 spiro atoms. The van der Waals surface area contributed by atoms with Crippen molar-refractivity contribution in [1.29, 1.82) is 0 Å². The average Bonchev–Trinajstić information content (AvgIpc) is 3.27. The normalized spacial score (nSPS) is 12.7. The van der Waals surface area contributed by atoms with Gasteiger partial charge in [0, 0.05) is 17.6 Å². The second-order valence-electron chi connectivity index (χ2n) is 6.49.